The Morgan fingerprint density at radius 2 is 1.69 bits per heavy atom. The topological polar surface area (TPSA) is 74.5 Å². The van der Waals surface area contributed by atoms with Gasteiger partial charge in [0.2, 0.25) is 5.91 Å². The third kappa shape index (κ3) is 3.56. The molecule has 0 atom stereocenters. The molecule has 0 saturated carbocycles. The number of benzene rings is 2. The average Bonchev–Trinajstić information content (AvgIpc) is 2.91. The van der Waals surface area contributed by atoms with Gasteiger partial charge in [-0.2, -0.15) is 0 Å². The molecule has 7 nitrogen and oxygen atoms in total. The molecule has 1 N–H and O–H groups in total. The summed E-state index contributed by atoms with van der Waals surface area (Å²) in [5.41, 5.74) is 1.32. The van der Waals surface area contributed by atoms with Crippen LogP contribution in [0.5, 0.6) is 11.5 Å². The van der Waals surface area contributed by atoms with E-state index >= 15 is 0 Å². The van der Waals surface area contributed by atoms with Crippen LogP contribution in [0.3, 0.4) is 0 Å². The molecule has 0 spiro atoms. The number of nitrogens with zero attached hydrogens (tertiary/aromatic N) is 2. The zero-order valence-corrected chi connectivity index (χ0v) is 14.8. The zero-order chi connectivity index (χ0) is 18.5. The van der Waals surface area contributed by atoms with Crippen molar-refractivity contribution in [1.29, 1.82) is 0 Å². The molecule has 2 aromatic carbocycles. The van der Waals surface area contributed by atoms with Gasteiger partial charge in [-0.3, -0.25) is 13.9 Å². The number of hydrogen-bond acceptors (Lipinski definition) is 4. The van der Waals surface area contributed by atoms with E-state index in [9.17, 15) is 9.59 Å². The summed E-state index contributed by atoms with van der Waals surface area (Å²) < 4.78 is 13.8. The number of hydrogen-bond donors (Lipinski definition) is 1. The largest absolute Gasteiger partial charge is 0.493 e. The Hall–Kier alpha value is -3.22. The van der Waals surface area contributed by atoms with E-state index in [4.69, 9.17) is 9.47 Å². The van der Waals surface area contributed by atoms with Crippen LogP contribution in [0.1, 0.15) is 0 Å². The number of ether oxygens (including phenoxy) is 2. The molecule has 0 fully saturated rings. The van der Waals surface area contributed by atoms with E-state index in [0.29, 0.717) is 24.7 Å². The first-order valence-electron chi connectivity index (χ1n) is 8.28. The fourth-order valence-electron chi connectivity index (χ4n) is 2.80. The lowest BCUT2D eigenvalue weighted by Gasteiger charge is -2.11. The lowest BCUT2D eigenvalue weighted by molar-refractivity contribution is -0.121. The van der Waals surface area contributed by atoms with E-state index in [2.05, 4.69) is 5.32 Å². The summed E-state index contributed by atoms with van der Waals surface area (Å²) >= 11 is 0. The number of imidazole rings is 1. The smallest absolute Gasteiger partial charge is 0.329 e. The summed E-state index contributed by atoms with van der Waals surface area (Å²) in [5.74, 6) is 1.02. The summed E-state index contributed by atoms with van der Waals surface area (Å²) in [6.07, 6.45) is 0. The van der Waals surface area contributed by atoms with Crippen LogP contribution in [0.25, 0.3) is 11.0 Å². The van der Waals surface area contributed by atoms with Crippen molar-refractivity contribution in [3.8, 4) is 11.5 Å². The highest BCUT2D eigenvalue weighted by Crippen LogP contribution is 2.25. The molecule has 3 aromatic rings. The minimum absolute atomic E-state index is 0.0329. The molecular formula is C19H21N3O4. The Morgan fingerprint density at radius 3 is 2.42 bits per heavy atom. The molecule has 0 saturated heterocycles. The van der Waals surface area contributed by atoms with E-state index in [0.717, 1.165) is 11.0 Å². The van der Waals surface area contributed by atoms with E-state index in [1.807, 2.05) is 36.4 Å². The summed E-state index contributed by atoms with van der Waals surface area (Å²) in [4.78, 5) is 24.5. The van der Waals surface area contributed by atoms with Crippen LogP contribution in [-0.2, 0) is 18.4 Å². The van der Waals surface area contributed by atoms with Crippen LogP contribution >= 0.6 is 0 Å². The summed E-state index contributed by atoms with van der Waals surface area (Å²) in [7, 11) is 3.27. The van der Waals surface area contributed by atoms with Crippen LogP contribution in [0, 0.1) is 0 Å². The van der Waals surface area contributed by atoms with Crippen LogP contribution in [0.2, 0.25) is 0 Å². The molecule has 136 valence electrons. The van der Waals surface area contributed by atoms with Crippen molar-refractivity contribution in [3.05, 3.63) is 59.0 Å². The number of rotatable bonds is 7. The highest BCUT2D eigenvalue weighted by atomic mass is 16.5. The second kappa shape index (κ2) is 7.77. The van der Waals surface area contributed by atoms with Gasteiger partial charge in [0.05, 0.1) is 24.7 Å². The first-order valence-corrected chi connectivity index (χ1v) is 8.28. The van der Waals surface area contributed by atoms with Crippen LogP contribution in [0.15, 0.2) is 53.3 Å². The van der Waals surface area contributed by atoms with Gasteiger partial charge in [-0.15, -0.1) is 0 Å². The molecule has 0 radical (unpaired) electrons. The van der Waals surface area contributed by atoms with Gasteiger partial charge in [0.15, 0.2) is 11.5 Å². The Balaban J connectivity index is 1.57. The van der Waals surface area contributed by atoms with Gasteiger partial charge in [0.1, 0.15) is 13.2 Å². The third-order valence-electron chi connectivity index (χ3n) is 4.10. The Bertz CT molecular complexity index is 974. The number of aryl methyl sites for hydroxylation is 1. The molecule has 26 heavy (non-hydrogen) atoms. The number of carbonyl (C=O) groups excluding carboxylic acids is 1. The van der Waals surface area contributed by atoms with Crippen molar-refractivity contribution < 1.29 is 14.3 Å². The van der Waals surface area contributed by atoms with Crippen LogP contribution in [-0.4, -0.2) is 35.3 Å². The standard InChI is InChI=1S/C19H21N3O4/c1-21-14-7-3-4-8-15(14)22(19(21)24)13-18(23)20-11-12-26-17-10-6-5-9-16(17)25-2/h3-10H,11-13H2,1-2H3,(H,20,23). The summed E-state index contributed by atoms with van der Waals surface area (Å²) in [6.45, 7) is 0.599. The molecule has 7 heteroatoms. The van der Waals surface area contributed by atoms with Gasteiger partial charge in [-0.05, 0) is 24.3 Å². The minimum atomic E-state index is -0.243. The Kier molecular flexibility index (Phi) is 5.26. The van der Waals surface area contributed by atoms with E-state index in [1.165, 1.54) is 9.13 Å². The van der Waals surface area contributed by atoms with Crippen molar-refractivity contribution in [2.24, 2.45) is 7.05 Å². The molecule has 1 heterocycles. The number of amides is 1. The van der Waals surface area contributed by atoms with Gasteiger partial charge in [0, 0.05) is 7.05 Å². The molecule has 0 bridgehead atoms. The van der Waals surface area contributed by atoms with Gasteiger partial charge in [-0.1, -0.05) is 24.3 Å². The molecule has 0 unspecified atom stereocenters. The zero-order valence-electron chi connectivity index (χ0n) is 14.8. The quantitative estimate of drug-likeness (QED) is 0.653. The third-order valence-corrected chi connectivity index (χ3v) is 4.10. The number of fused-ring (bicyclic) bond motifs is 1. The van der Waals surface area contributed by atoms with E-state index in [1.54, 1.807) is 26.3 Å². The molecule has 3 rings (SSSR count). The maximum absolute atomic E-state index is 12.3. The fraction of sp³-hybridized carbons (Fsp3) is 0.263. The number of para-hydroxylation sites is 4. The maximum atomic E-state index is 12.3. The molecule has 1 amide bonds. The van der Waals surface area contributed by atoms with Crippen LogP contribution in [0.4, 0.5) is 0 Å². The fourth-order valence-corrected chi connectivity index (χ4v) is 2.80. The number of methoxy groups -OCH3 is 1. The van der Waals surface area contributed by atoms with E-state index in [-0.39, 0.29) is 18.1 Å². The lowest BCUT2D eigenvalue weighted by atomic mass is 10.3. The van der Waals surface area contributed by atoms with Gasteiger partial charge in [-0.25, -0.2) is 4.79 Å². The first kappa shape index (κ1) is 17.6. The molecule has 1 aromatic heterocycles. The average molecular weight is 355 g/mol. The Labute approximate surface area is 150 Å². The normalized spacial score (nSPS) is 10.7. The van der Waals surface area contributed by atoms with Gasteiger partial charge >= 0.3 is 5.69 Å². The second-order valence-electron chi connectivity index (χ2n) is 5.77. The van der Waals surface area contributed by atoms with Gasteiger partial charge in [0.25, 0.3) is 0 Å². The number of aromatic nitrogens is 2. The van der Waals surface area contributed by atoms with Gasteiger partial charge < -0.3 is 14.8 Å². The highest BCUT2D eigenvalue weighted by Gasteiger charge is 2.13. The molecule has 0 aliphatic carbocycles. The summed E-state index contributed by atoms with van der Waals surface area (Å²) in [6, 6.07) is 14.7. The van der Waals surface area contributed by atoms with Crippen LogP contribution < -0.4 is 20.5 Å². The summed E-state index contributed by atoms with van der Waals surface area (Å²) in [5, 5.41) is 2.77. The molecular weight excluding hydrogens is 334 g/mol. The second-order valence-corrected chi connectivity index (χ2v) is 5.77. The maximum Gasteiger partial charge on any atom is 0.329 e. The predicted octanol–water partition coefficient (Wildman–Crippen LogP) is 1.54. The lowest BCUT2D eigenvalue weighted by Crippen LogP contribution is -2.34. The van der Waals surface area contributed by atoms with Crippen molar-refractivity contribution >= 4 is 16.9 Å². The van der Waals surface area contributed by atoms with Crippen molar-refractivity contribution in [2.75, 3.05) is 20.3 Å². The molecule has 0 aliphatic heterocycles. The van der Waals surface area contributed by atoms with Crippen molar-refractivity contribution in [1.82, 2.24) is 14.5 Å². The van der Waals surface area contributed by atoms with E-state index < -0.39 is 0 Å². The molecule has 0 aliphatic rings. The van der Waals surface area contributed by atoms with Crippen molar-refractivity contribution in [3.63, 3.8) is 0 Å². The Morgan fingerprint density at radius 1 is 1.04 bits per heavy atom. The number of nitrogens with one attached hydrogen (secondary N) is 1. The highest BCUT2D eigenvalue weighted by molar-refractivity contribution is 5.80. The minimum Gasteiger partial charge on any atom is -0.493 e. The number of carbonyl (C=O) groups is 1. The monoisotopic (exact) mass is 355 g/mol. The van der Waals surface area contributed by atoms with Crippen molar-refractivity contribution in [2.45, 2.75) is 6.54 Å². The SMILES string of the molecule is COc1ccccc1OCCNC(=O)Cn1c(=O)n(C)c2ccccc21. The first-order chi connectivity index (χ1) is 12.6. The predicted molar refractivity (Wildman–Crippen MR) is 98.7 cm³/mol.